The molecule has 1 amide bonds. The molecule has 5 nitrogen and oxygen atoms in total. The zero-order valence-electron chi connectivity index (χ0n) is 14.6. The van der Waals surface area contributed by atoms with Crippen molar-refractivity contribution in [2.24, 2.45) is 0 Å². The summed E-state index contributed by atoms with van der Waals surface area (Å²) in [5, 5.41) is 3.01. The van der Waals surface area contributed by atoms with Crippen LogP contribution in [0.1, 0.15) is 26.3 Å². The van der Waals surface area contributed by atoms with Crippen LogP contribution in [0.15, 0.2) is 24.3 Å². The molecule has 0 saturated carbocycles. The Morgan fingerprint density at radius 3 is 2.52 bits per heavy atom. The predicted molar refractivity (Wildman–Crippen MR) is 90.7 cm³/mol. The molecule has 1 fully saturated rings. The second-order valence-electron chi connectivity index (χ2n) is 6.70. The zero-order chi connectivity index (χ0) is 16.9. The van der Waals surface area contributed by atoms with Crippen LogP contribution in [0.3, 0.4) is 0 Å². The summed E-state index contributed by atoms with van der Waals surface area (Å²) in [5.74, 6) is 0.623. The van der Waals surface area contributed by atoms with E-state index in [4.69, 9.17) is 9.47 Å². The summed E-state index contributed by atoms with van der Waals surface area (Å²) in [4.78, 5) is 14.6. The van der Waals surface area contributed by atoms with Crippen LogP contribution >= 0.6 is 0 Å². The first kappa shape index (κ1) is 17.8. The number of benzene rings is 1. The van der Waals surface area contributed by atoms with E-state index in [-0.39, 0.29) is 11.4 Å². The zero-order valence-corrected chi connectivity index (χ0v) is 14.6. The number of nitrogens with one attached hydrogen (secondary N) is 1. The molecule has 1 aromatic carbocycles. The molecule has 0 aromatic heterocycles. The van der Waals surface area contributed by atoms with Crippen molar-refractivity contribution in [1.29, 1.82) is 0 Å². The van der Waals surface area contributed by atoms with Gasteiger partial charge in [0.15, 0.2) is 6.10 Å². The fraction of sp³-hybridized carbons (Fsp3) is 0.611. The number of carbonyl (C=O) groups excluding carboxylic acids is 1. The second-order valence-corrected chi connectivity index (χ2v) is 6.70. The number of rotatable bonds is 6. The van der Waals surface area contributed by atoms with Crippen LogP contribution < -0.4 is 10.1 Å². The molecule has 0 bridgehead atoms. The maximum absolute atomic E-state index is 12.3. The van der Waals surface area contributed by atoms with E-state index in [0.717, 1.165) is 26.3 Å². The van der Waals surface area contributed by atoms with Crippen LogP contribution in [0, 0.1) is 6.92 Å². The van der Waals surface area contributed by atoms with Gasteiger partial charge in [0.1, 0.15) is 5.75 Å². The van der Waals surface area contributed by atoms with E-state index >= 15 is 0 Å². The van der Waals surface area contributed by atoms with Crippen molar-refractivity contribution in [3.05, 3.63) is 29.8 Å². The van der Waals surface area contributed by atoms with Crippen molar-refractivity contribution < 1.29 is 14.3 Å². The largest absolute Gasteiger partial charge is 0.481 e. The monoisotopic (exact) mass is 320 g/mol. The van der Waals surface area contributed by atoms with Gasteiger partial charge in [-0.1, -0.05) is 17.7 Å². The maximum atomic E-state index is 12.3. The van der Waals surface area contributed by atoms with Gasteiger partial charge in [0.25, 0.3) is 5.91 Å². The average molecular weight is 320 g/mol. The van der Waals surface area contributed by atoms with E-state index in [2.05, 4.69) is 24.1 Å². The summed E-state index contributed by atoms with van der Waals surface area (Å²) < 4.78 is 11.1. The van der Waals surface area contributed by atoms with Gasteiger partial charge in [-0.25, -0.2) is 0 Å². The SMILES string of the molecule is Cc1ccc(OC(C)C(=O)NCC(C)(C)N2CCOCC2)cc1. The minimum Gasteiger partial charge on any atom is -0.481 e. The fourth-order valence-corrected chi connectivity index (χ4v) is 2.60. The molecule has 1 aromatic rings. The van der Waals surface area contributed by atoms with Gasteiger partial charge in [-0.05, 0) is 39.8 Å². The summed E-state index contributed by atoms with van der Waals surface area (Å²) >= 11 is 0. The topological polar surface area (TPSA) is 50.8 Å². The second kappa shape index (κ2) is 7.79. The van der Waals surface area contributed by atoms with E-state index in [0.29, 0.717) is 12.3 Å². The lowest BCUT2D eigenvalue weighted by Crippen LogP contribution is -2.56. The number of hydrogen-bond acceptors (Lipinski definition) is 4. The summed E-state index contributed by atoms with van der Waals surface area (Å²) in [6, 6.07) is 7.72. The van der Waals surface area contributed by atoms with Gasteiger partial charge in [0, 0.05) is 25.2 Å². The van der Waals surface area contributed by atoms with Crippen molar-refractivity contribution in [1.82, 2.24) is 10.2 Å². The molecule has 23 heavy (non-hydrogen) atoms. The minimum atomic E-state index is -0.516. The molecule has 2 rings (SSSR count). The Bertz CT molecular complexity index is 508. The Labute approximate surface area is 139 Å². The number of amides is 1. The molecule has 0 spiro atoms. The first-order chi connectivity index (χ1) is 10.9. The van der Waals surface area contributed by atoms with E-state index in [1.165, 1.54) is 5.56 Å². The highest BCUT2D eigenvalue weighted by Gasteiger charge is 2.29. The van der Waals surface area contributed by atoms with Gasteiger partial charge in [-0.3, -0.25) is 9.69 Å². The van der Waals surface area contributed by atoms with Gasteiger partial charge >= 0.3 is 0 Å². The highest BCUT2D eigenvalue weighted by Crippen LogP contribution is 2.16. The third kappa shape index (κ3) is 5.22. The Morgan fingerprint density at radius 1 is 1.30 bits per heavy atom. The third-order valence-electron chi connectivity index (χ3n) is 4.27. The van der Waals surface area contributed by atoms with Crippen LogP contribution in [0.5, 0.6) is 5.75 Å². The van der Waals surface area contributed by atoms with Crippen molar-refractivity contribution in [2.75, 3.05) is 32.8 Å². The van der Waals surface area contributed by atoms with Crippen LogP contribution in [-0.2, 0) is 9.53 Å². The normalized spacial score (nSPS) is 17.6. The molecular formula is C18H28N2O3. The van der Waals surface area contributed by atoms with E-state index in [1.54, 1.807) is 6.92 Å². The molecule has 128 valence electrons. The van der Waals surface area contributed by atoms with Crippen LogP contribution in [-0.4, -0.2) is 55.3 Å². The fourth-order valence-electron chi connectivity index (χ4n) is 2.60. The first-order valence-electron chi connectivity index (χ1n) is 8.22. The molecule has 5 heteroatoms. The molecular weight excluding hydrogens is 292 g/mol. The van der Waals surface area contributed by atoms with E-state index in [9.17, 15) is 4.79 Å². The molecule has 1 unspecified atom stereocenters. The minimum absolute atomic E-state index is 0.0908. The Kier molecular flexibility index (Phi) is 6.02. The molecule has 1 aliphatic heterocycles. The lowest BCUT2D eigenvalue weighted by Gasteiger charge is -2.41. The number of ether oxygens (including phenoxy) is 2. The number of nitrogens with zero attached hydrogens (tertiary/aromatic N) is 1. The number of hydrogen-bond donors (Lipinski definition) is 1. The third-order valence-corrected chi connectivity index (χ3v) is 4.27. The molecule has 1 heterocycles. The standard InChI is InChI=1S/C18H28N2O3/c1-14-5-7-16(8-6-14)23-15(2)17(21)19-13-18(3,4)20-9-11-22-12-10-20/h5-8,15H,9-13H2,1-4H3,(H,19,21). The van der Waals surface area contributed by atoms with Crippen LogP contribution in [0.2, 0.25) is 0 Å². The number of morpholine rings is 1. The number of carbonyl (C=O) groups is 1. The summed E-state index contributed by atoms with van der Waals surface area (Å²) in [6.45, 7) is 12.0. The smallest absolute Gasteiger partial charge is 0.260 e. The Morgan fingerprint density at radius 2 is 1.91 bits per heavy atom. The highest BCUT2D eigenvalue weighted by atomic mass is 16.5. The lowest BCUT2D eigenvalue weighted by atomic mass is 10.0. The predicted octanol–water partition coefficient (Wildman–Crippen LogP) is 1.99. The molecule has 1 atom stereocenters. The molecule has 1 N–H and O–H groups in total. The van der Waals surface area contributed by atoms with E-state index < -0.39 is 6.10 Å². The summed E-state index contributed by atoms with van der Waals surface area (Å²) in [5.41, 5.74) is 1.07. The quantitative estimate of drug-likeness (QED) is 0.871. The average Bonchev–Trinajstić information content (AvgIpc) is 2.55. The molecule has 1 aliphatic rings. The molecule has 0 aliphatic carbocycles. The first-order valence-corrected chi connectivity index (χ1v) is 8.22. The molecule has 1 saturated heterocycles. The van der Waals surface area contributed by atoms with Crippen molar-refractivity contribution in [3.63, 3.8) is 0 Å². The Hall–Kier alpha value is -1.59. The van der Waals surface area contributed by atoms with Gasteiger partial charge < -0.3 is 14.8 Å². The van der Waals surface area contributed by atoms with Gasteiger partial charge in [0.2, 0.25) is 0 Å². The van der Waals surface area contributed by atoms with Crippen molar-refractivity contribution in [2.45, 2.75) is 39.3 Å². The highest BCUT2D eigenvalue weighted by molar-refractivity contribution is 5.80. The maximum Gasteiger partial charge on any atom is 0.260 e. The lowest BCUT2D eigenvalue weighted by molar-refractivity contribution is -0.128. The summed E-state index contributed by atoms with van der Waals surface area (Å²) in [7, 11) is 0. The van der Waals surface area contributed by atoms with Gasteiger partial charge in [-0.2, -0.15) is 0 Å². The molecule has 0 radical (unpaired) electrons. The van der Waals surface area contributed by atoms with E-state index in [1.807, 2.05) is 31.2 Å². The van der Waals surface area contributed by atoms with Gasteiger partial charge in [-0.15, -0.1) is 0 Å². The Balaban J connectivity index is 1.82. The van der Waals surface area contributed by atoms with Crippen molar-refractivity contribution >= 4 is 5.91 Å². The van der Waals surface area contributed by atoms with Crippen LogP contribution in [0.4, 0.5) is 0 Å². The van der Waals surface area contributed by atoms with Crippen molar-refractivity contribution in [3.8, 4) is 5.75 Å². The van der Waals surface area contributed by atoms with Gasteiger partial charge in [0.05, 0.1) is 13.2 Å². The summed E-state index contributed by atoms with van der Waals surface area (Å²) in [6.07, 6.45) is -0.516. The number of aryl methyl sites for hydroxylation is 1. The van der Waals surface area contributed by atoms with Crippen LogP contribution in [0.25, 0.3) is 0 Å².